The van der Waals surface area contributed by atoms with Crippen LogP contribution in [0.1, 0.15) is 21.5 Å². The number of aryl methyl sites for hydroxylation is 1. The zero-order valence-corrected chi connectivity index (χ0v) is 15.2. The summed E-state index contributed by atoms with van der Waals surface area (Å²) in [6.45, 7) is 2.05. The lowest BCUT2D eigenvalue weighted by Gasteiger charge is -2.16. The third kappa shape index (κ3) is 3.72. The molecule has 2 aromatic rings. The molecule has 1 aliphatic rings. The Kier molecular flexibility index (Phi) is 5.27. The number of carbonyl (C=O) groups is 3. The first-order valence-corrected chi connectivity index (χ1v) is 8.89. The molecule has 0 bridgehead atoms. The standard InChI is InChI=1S/C19H18N2O4S/c1-12-6-3-4-9-15(12)20-16-17(22)21(19(24)26-16)11-13-7-5-8-14(10-13)18(23)25-2/h3-10,16,20H,11H2,1-2H3/t16-/m1/s1. The number of ether oxygens (including phenoxy) is 1. The Balaban J connectivity index is 1.73. The lowest BCUT2D eigenvalue weighted by molar-refractivity contribution is -0.126. The van der Waals surface area contributed by atoms with Crippen molar-refractivity contribution in [1.82, 2.24) is 4.90 Å². The summed E-state index contributed by atoms with van der Waals surface area (Å²) in [5.41, 5.74) is 2.89. The molecule has 1 aliphatic heterocycles. The number of benzene rings is 2. The summed E-state index contributed by atoms with van der Waals surface area (Å²) in [6, 6.07) is 14.3. The molecule has 6 nitrogen and oxygen atoms in total. The quantitative estimate of drug-likeness (QED) is 0.813. The van der Waals surface area contributed by atoms with Gasteiger partial charge in [0, 0.05) is 5.69 Å². The SMILES string of the molecule is COC(=O)c1cccc(CN2C(=O)S[C@@H](Nc3ccccc3C)C2=O)c1. The van der Waals surface area contributed by atoms with Gasteiger partial charge in [-0.1, -0.05) is 30.3 Å². The summed E-state index contributed by atoms with van der Waals surface area (Å²) >= 11 is 0.954. The number of thioether (sulfide) groups is 1. The average molecular weight is 370 g/mol. The normalized spacial score (nSPS) is 16.7. The molecule has 1 atom stereocenters. The van der Waals surface area contributed by atoms with Crippen molar-refractivity contribution in [1.29, 1.82) is 0 Å². The van der Waals surface area contributed by atoms with Crippen LogP contribution in [0.2, 0.25) is 0 Å². The van der Waals surface area contributed by atoms with Gasteiger partial charge in [0.05, 0.1) is 19.2 Å². The molecule has 0 saturated carbocycles. The molecule has 26 heavy (non-hydrogen) atoms. The molecule has 0 radical (unpaired) electrons. The maximum Gasteiger partial charge on any atom is 0.337 e. The Bertz CT molecular complexity index is 868. The summed E-state index contributed by atoms with van der Waals surface area (Å²) < 4.78 is 4.70. The number of nitrogens with one attached hydrogen (secondary N) is 1. The van der Waals surface area contributed by atoms with E-state index in [0.29, 0.717) is 11.1 Å². The molecule has 2 aromatic carbocycles. The molecule has 1 N–H and O–H groups in total. The van der Waals surface area contributed by atoms with Gasteiger partial charge in [-0.2, -0.15) is 0 Å². The van der Waals surface area contributed by atoms with E-state index < -0.39 is 11.3 Å². The number of rotatable bonds is 5. The van der Waals surface area contributed by atoms with E-state index in [-0.39, 0.29) is 17.7 Å². The highest BCUT2D eigenvalue weighted by Crippen LogP contribution is 2.30. The molecule has 0 unspecified atom stereocenters. The van der Waals surface area contributed by atoms with E-state index in [9.17, 15) is 14.4 Å². The Morgan fingerprint density at radius 3 is 2.69 bits per heavy atom. The lowest BCUT2D eigenvalue weighted by Crippen LogP contribution is -2.34. The van der Waals surface area contributed by atoms with E-state index in [1.54, 1.807) is 24.3 Å². The topological polar surface area (TPSA) is 75.7 Å². The van der Waals surface area contributed by atoms with Crippen LogP contribution in [-0.4, -0.2) is 34.5 Å². The highest BCUT2D eigenvalue weighted by Gasteiger charge is 2.39. The number of anilines is 1. The summed E-state index contributed by atoms with van der Waals surface area (Å²) in [6.07, 6.45) is 0. The number of imide groups is 1. The zero-order valence-electron chi connectivity index (χ0n) is 14.4. The molecule has 3 rings (SSSR count). The summed E-state index contributed by atoms with van der Waals surface area (Å²) in [7, 11) is 1.31. The number of nitrogens with zero attached hydrogens (tertiary/aromatic N) is 1. The van der Waals surface area contributed by atoms with Gasteiger partial charge in [0.15, 0.2) is 5.37 Å². The number of hydrogen-bond acceptors (Lipinski definition) is 6. The molecule has 1 heterocycles. The fourth-order valence-corrected chi connectivity index (χ4v) is 3.55. The second-order valence-electron chi connectivity index (χ2n) is 5.84. The second kappa shape index (κ2) is 7.61. The maximum absolute atomic E-state index is 12.6. The van der Waals surface area contributed by atoms with Gasteiger partial charge in [0.2, 0.25) is 0 Å². The second-order valence-corrected chi connectivity index (χ2v) is 6.90. The van der Waals surface area contributed by atoms with Crippen molar-refractivity contribution in [3.05, 3.63) is 65.2 Å². The monoisotopic (exact) mass is 370 g/mol. The van der Waals surface area contributed by atoms with Crippen LogP contribution < -0.4 is 5.32 Å². The molecule has 1 saturated heterocycles. The third-order valence-corrected chi connectivity index (χ3v) is 5.03. The third-order valence-electron chi connectivity index (χ3n) is 4.05. The Labute approximate surface area is 155 Å². The van der Waals surface area contributed by atoms with Crippen LogP contribution in [-0.2, 0) is 16.1 Å². The van der Waals surface area contributed by atoms with E-state index in [1.165, 1.54) is 12.0 Å². The molecule has 0 aromatic heterocycles. The molecule has 2 amide bonds. The average Bonchev–Trinajstić information content (AvgIpc) is 2.90. The van der Waals surface area contributed by atoms with Crippen molar-refractivity contribution in [3.8, 4) is 0 Å². The number of amides is 2. The van der Waals surface area contributed by atoms with Crippen molar-refractivity contribution < 1.29 is 19.1 Å². The number of carbonyl (C=O) groups excluding carboxylic acids is 3. The first-order valence-electron chi connectivity index (χ1n) is 8.01. The number of methoxy groups -OCH3 is 1. The fourth-order valence-electron chi connectivity index (χ4n) is 2.65. The molecule has 0 spiro atoms. The van der Waals surface area contributed by atoms with Gasteiger partial charge >= 0.3 is 5.97 Å². The van der Waals surface area contributed by atoms with E-state index >= 15 is 0 Å². The predicted molar refractivity (Wildman–Crippen MR) is 99.9 cm³/mol. The lowest BCUT2D eigenvalue weighted by atomic mass is 10.1. The first-order chi connectivity index (χ1) is 12.5. The molecule has 134 valence electrons. The number of esters is 1. The minimum atomic E-state index is -0.660. The number of hydrogen-bond donors (Lipinski definition) is 1. The molecular weight excluding hydrogens is 352 g/mol. The van der Waals surface area contributed by atoms with E-state index in [1.807, 2.05) is 31.2 Å². The smallest absolute Gasteiger partial charge is 0.337 e. The van der Waals surface area contributed by atoms with Crippen molar-refractivity contribution in [2.75, 3.05) is 12.4 Å². The van der Waals surface area contributed by atoms with Crippen LogP contribution in [0.15, 0.2) is 48.5 Å². The van der Waals surface area contributed by atoms with Crippen LogP contribution >= 0.6 is 11.8 Å². The minimum Gasteiger partial charge on any atom is -0.465 e. The molecule has 0 aliphatic carbocycles. The highest BCUT2D eigenvalue weighted by molar-refractivity contribution is 8.15. The predicted octanol–water partition coefficient (Wildman–Crippen LogP) is 3.42. The van der Waals surface area contributed by atoms with Gasteiger partial charge in [-0.05, 0) is 48.0 Å². The summed E-state index contributed by atoms with van der Waals surface area (Å²) in [5, 5.41) is 2.15. The molecule has 1 fully saturated rings. The van der Waals surface area contributed by atoms with Gasteiger partial charge < -0.3 is 10.1 Å². The van der Waals surface area contributed by atoms with Gasteiger partial charge in [0.1, 0.15) is 0 Å². The summed E-state index contributed by atoms with van der Waals surface area (Å²) in [5.74, 6) is -0.758. The minimum absolute atomic E-state index is 0.113. The van der Waals surface area contributed by atoms with Crippen LogP contribution in [0.3, 0.4) is 0 Å². The van der Waals surface area contributed by atoms with Gasteiger partial charge in [-0.15, -0.1) is 0 Å². The van der Waals surface area contributed by atoms with E-state index in [2.05, 4.69) is 5.32 Å². The van der Waals surface area contributed by atoms with Crippen molar-refractivity contribution in [2.24, 2.45) is 0 Å². The Morgan fingerprint density at radius 1 is 1.19 bits per heavy atom. The Hall–Kier alpha value is -2.80. The van der Waals surface area contributed by atoms with Gasteiger partial charge in [-0.3, -0.25) is 14.5 Å². The number of para-hydroxylation sites is 1. The van der Waals surface area contributed by atoms with Crippen LogP contribution in [0.5, 0.6) is 0 Å². The van der Waals surface area contributed by atoms with Crippen molar-refractivity contribution in [3.63, 3.8) is 0 Å². The van der Waals surface area contributed by atoms with Crippen LogP contribution in [0.25, 0.3) is 0 Å². The molecular formula is C19H18N2O4S. The van der Waals surface area contributed by atoms with Gasteiger partial charge in [-0.25, -0.2) is 4.79 Å². The fraction of sp³-hybridized carbons (Fsp3) is 0.211. The molecule has 7 heteroatoms. The largest absolute Gasteiger partial charge is 0.465 e. The maximum atomic E-state index is 12.6. The van der Waals surface area contributed by atoms with Crippen LogP contribution in [0.4, 0.5) is 10.5 Å². The van der Waals surface area contributed by atoms with Crippen molar-refractivity contribution in [2.45, 2.75) is 18.8 Å². The first kappa shape index (κ1) is 18.0. The van der Waals surface area contributed by atoms with Gasteiger partial charge in [0.25, 0.3) is 11.1 Å². The van der Waals surface area contributed by atoms with Crippen LogP contribution in [0, 0.1) is 6.92 Å². The Morgan fingerprint density at radius 2 is 1.96 bits per heavy atom. The van der Waals surface area contributed by atoms with E-state index in [0.717, 1.165) is 23.0 Å². The summed E-state index contributed by atoms with van der Waals surface area (Å²) in [4.78, 5) is 37.8. The van der Waals surface area contributed by atoms with E-state index in [4.69, 9.17) is 4.74 Å². The van der Waals surface area contributed by atoms with Crippen molar-refractivity contribution >= 4 is 34.6 Å². The zero-order chi connectivity index (χ0) is 18.7. The highest BCUT2D eigenvalue weighted by atomic mass is 32.2.